The van der Waals surface area contributed by atoms with E-state index >= 15 is 0 Å². The number of nitrogens with one attached hydrogen (secondary N) is 1. The average Bonchev–Trinajstić information content (AvgIpc) is 3.19. The summed E-state index contributed by atoms with van der Waals surface area (Å²) in [5.74, 6) is -0.434. The maximum absolute atomic E-state index is 13.2. The lowest BCUT2D eigenvalue weighted by molar-refractivity contribution is -0.137. The summed E-state index contributed by atoms with van der Waals surface area (Å²) in [6.07, 6.45) is -3.41. The van der Waals surface area contributed by atoms with Crippen molar-refractivity contribution in [3.05, 3.63) is 29.5 Å². The number of furan rings is 1. The summed E-state index contributed by atoms with van der Waals surface area (Å²) < 4.78 is 50.8. The molecule has 9 heteroatoms. The molecule has 2 aliphatic rings. The zero-order valence-electron chi connectivity index (χ0n) is 14.4. The van der Waals surface area contributed by atoms with Gasteiger partial charge in [-0.25, -0.2) is 0 Å². The van der Waals surface area contributed by atoms with Gasteiger partial charge in [-0.1, -0.05) is 0 Å². The van der Waals surface area contributed by atoms with E-state index in [4.69, 9.17) is 9.15 Å². The van der Waals surface area contributed by atoms with Crippen molar-refractivity contribution in [1.82, 2.24) is 5.32 Å². The molecule has 2 atom stereocenters. The molecule has 3 heterocycles. The van der Waals surface area contributed by atoms with E-state index in [9.17, 15) is 23.1 Å². The van der Waals surface area contributed by atoms with Crippen molar-refractivity contribution in [2.75, 3.05) is 31.1 Å². The maximum atomic E-state index is 13.2. The van der Waals surface area contributed by atoms with Crippen molar-refractivity contribution in [2.24, 2.45) is 0 Å². The van der Waals surface area contributed by atoms with Crippen LogP contribution in [0.5, 0.6) is 0 Å². The summed E-state index contributed by atoms with van der Waals surface area (Å²) in [7, 11) is 0. The van der Waals surface area contributed by atoms with Crippen LogP contribution in [0.1, 0.15) is 29.0 Å². The van der Waals surface area contributed by atoms with E-state index < -0.39 is 17.6 Å². The third-order valence-corrected chi connectivity index (χ3v) is 5.00. The molecule has 0 radical (unpaired) electrons. The van der Waals surface area contributed by atoms with E-state index in [0.717, 1.165) is 25.0 Å². The number of carbonyl (C=O) groups is 1. The van der Waals surface area contributed by atoms with Crippen LogP contribution in [0.3, 0.4) is 0 Å². The number of rotatable bonds is 3. The van der Waals surface area contributed by atoms with Gasteiger partial charge in [0.1, 0.15) is 5.58 Å². The summed E-state index contributed by atoms with van der Waals surface area (Å²) in [5, 5.41) is 12.2. The number of fused-ring (bicyclic) bond motifs is 3. The minimum atomic E-state index is -4.49. The van der Waals surface area contributed by atoms with Crippen LogP contribution in [-0.2, 0) is 10.9 Å². The molecule has 0 saturated carbocycles. The number of hydrogen-bond acceptors (Lipinski definition) is 5. The molecule has 2 unspecified atom stereocenters. The van der Waals surface area contributed by atoms with Gasteiger partial charge >= 0.3 is 6.18 Å². The maximum Gasteiger partial charge on any atom is 0.416 e. The number of hydrogen-bond donors (Lipinski definition) is 2. The first-order chi connectivity index (χ1) is 12.9. The summed E-state index contributed by atoms with van der Waals surface area (Å²) in [4.78, 5) is 14.2. The Morgan fingerprint density at radius 2 is 2.04 bits per heavy atom. The van der Waals surface area contributed by atoms with Crippen LogP contribution in [-0.4, -0.2) is 49.5 Å². The second-order valence-corrected chi connectivity index (χ2v) is 6.83. The highest BCUT2D eigenvalue weighted by Gasteiger charge is 2.35. The predicted octanol–water partition coefficient (Wildman–Crippen LogP) is 2.54. The lowest BCUT2D eigenvalue weighted by Crippen LogP contribution is -2.36. The quantitative estimate of drug-likeness (QED) is 0.851. The van der Waals surface area contributed by atoms with Crippen LogP contribution in [0.4, 0.5) is 18.9 Å². The van der Waals surface area contributed by atoms with Gasteiger partial charge < -0.3 is 24.5 Å². The van der Waals surface area contributed by atoms with Crippen LogP contribution in [0, 0.1) is 0 Å². The molecule has 4 rings (SSSR count). The van der Waals surface area contributed by atoms with Crippen molar-refractivity contribution in [1.29, 1.82) is 0 Å². The summed E-state index contributed by atoms with van der Waals surface area (Å²) >= 11 is 0. The minimum absolute atomic E-state index is 0.0125. The molecule has 6 nitrogen and oxygen atoms in total. The fourth-order valence-electron chi connectivity index (χ4n) is 3.70. The Morgan fingerprint density at radius 3 is 2.74 bits per heavy atom. The monoisotopic (exact) mass is 384 g/mol. The third kappa shape index (κ3) is 3.37. The normalized spacial score (nSPS) is 23.4. The first-order valence-corrected chi connectivity index (χ1v) is 8.80. The van der Waals surface area contributed by atoms with Crippen LogP contribution < -0.4 is 10.2 Å². The van der Waals surface area contributed by atoms with E-state index in [1.54, 1.807) is 0 Å². The van der Waals surface area contributed by atoms with E-state index in [0.29, 0.717) is 25.3 Å². The zero-order chi connectivity index (χ0) is 19.2. The number of aliphatic hydroxyl groups is 1. The molecule has 1 aromatic carbocycles. The number of aliphatic hydroxyl groups excluding tert-OH is 1. The third-order valence-electron chi connectivity index (χ3n) is 5.00. The van der Waals surface area contributed by atoms with Gasteiger partial charge in [0.05, 0.1) is 30.1 Å². The van der Waals surface area contributed by atoms with Gasteiger partial charge in [-0.3, -0.25) is 4.79 Å². The SMILES string of the molecule is O=C1NCCN(CC2CCC(CO)O2)c2c1oc1ccc(C(F)(F)F)cc21. The molecule has 1 amide bonds. The summed E-state index contributed by atoms with van der Waals surface area (Å²) in [6.45, 7) is 1.11. The Bertz CT molecular complexity index is 864. The summed E-state index contributed by atoms with van der Waals surface area (Å²) in [5.41, 5.74) is -0.196. The van der Waals surface area contributed by atoms with E-state index in [-0.39, 0.29) is 35.5 Å². The predicted molar refractivity (Wildman–Crippen MR) is 90.7 cm³/mol. The van der Waals surface area contributed by atoms with Gasteiger partial charge in [0.15, 0.2) is 0 Å². The molecule has 0 spiro atoms. The molecule has 1 saturated heterocycles. The molecule has 2 aliphatic heterocycles. The number of halogens is 3. The fourth-order valence-corrected chi connectivity index (χ4v) is 3.70. The van der Waals surface area contributed by atoms with Gasteiger partial charge in [0, 0.05) is 25.0 Å². The van der Waals surface area contributed by atoms with Crippen molar-refractivity contribution in [3.8, 4) is 0 Å². The zero-order valence-corrected chi connectivity index (χ0v) is 14.4. The number of anilines is 1. The van der Waals surface area contributed by atoms with Gasteiger partial charge in [0.25, 0.3) is 5.91 Å². The van der Waals surface area contributed by atoms with Gasteiger partial charge in [0.2, 0.25) is 5.76 Å². The van der Waals surface area contributed by atoms with E-state index in [1.807, 2.05) is 4.90 Å². The molecule has 0 bridgehead atoms. The largest absolute Gasteiger partial charge is 0.449 e. The number of alkyl halides is 3. The van der Waals surface area contributed by atoms with Gasteiger partial charge in [-0.15, -0.1) is 0 Å². The number of ether oxygens (including phenoxy) is 1. The Balaban J connectivity index is 1.75. The highest BCUT2D eigenvalue weighted by Crippen LogP contribution is 2.39. The number of amides is 1. The minimum Gasteiger partial charge on any atom is -0.449 e. The standard InChI is InChI=1S/C18H19F3N2O4/c19-18(20,21)10-1-4-14-13(7-10)15-16(27-14)17(25)22-5-6-23(15)8-11-2-3-12(9-24)26-11/h1,4,7,11-12,24H,2-3,5-6,8-9H2,(H,22,25). The second kappa shape index (κ2) is 6.72. The Labute approximate surface area is 152 Å². The molecule has 27 heavy (non-hydrogen) atoms. The first kappa shape index (κ1) is 18.1. The van der Waals surface area contributed by atoms with Crippen molar-refractivity contribution >= 4 is 22.6 Å². The molecule has 2 aromatic rings. The van der Waals surface area contributed by atoms with Crippen LogP contribution in [0.25, 0.3) is 11.0 Å². The number of benzene rings is 1. The van der Waals surface area contributed by atoms with Crippen LogP contribution >= 0.6 is 0 Å². The van der Waals surface area contributed by atoms with Crippen LogP contribution in [0.2, 0.25) is 0 Å². The van der Waals surface area contributed by atoms with E-state index in [1.165, 1.54) is 6.07 Å². The topological polar surface area (TPSA) is 74.9 Å². The lowest BCUT2D eigenvalue weighted by Gasteiger charge is -2.26. The average molecular weight is 384 g/mol. The van der Waals surface area contributed by atoms with E-state index in [2.05, 4.69) is 5.32 Å². The van der Waals surface area contributed by atoms with Crippen LogP contribution in [0.15, 0.2) is 22.6 Å². The lowest BCUT2D eigenvalue weighted by atomic mass is 10.1. The number of carbonyl (C=O) groups excluding carboxylic acids is 1. The Hall–Kier alpha value is -2.26. The molecular weight excluding hydrogens is 365 g/mol. The van der Waals surface area contributed by atoms with Gasteiger partial charge in [-0.2, -0.15) is 13.2 Å². The molecule has 2 N–H and O–H groups in total. The number of nitrogens with zero attached hydrogens (tertiary/aromatic N) is 1. The molecular formula is C18H19F3N2O4. The summed E-state index contributed by atoms with van der Waals surface area (Å²) in [6, 6.07) is 3.21. The van der Waals surface area contributed by atoms with Crippen molar-refractivity contribution < 1.29 is 32.2 Å². The highest BCUT2D eigenvalue weighted by atomic mass is 19.4. The van der Waals surface area contributed by atoms with Crippen molar-refractivity contribution in [3.63, 3.8) is 0 Å². The Kier molecular flexibility index (Phi) is 4.51. The molecule has 1 fully saturated rings. The smallest absolute Gasteiger partial charge is 0.416 e. The second-order valence-electron chi connectivity index (χ2n) is 6.83. The van der Waals surface area contributed by atoms with Crippen molar-refractivity contribution in [2.45, 2.75) is 31.2 Å². The highest BCUT2D eigenvalue weighted by molar-refractivity contribution is 6.07. The Morgan fingerprint density at radius 1 is 1.26 bits per heavy atom. The fraction of sp³-hybridized carbons (Fsp3) is 0.500. The van der Waals surface area contributed by atoms with Gasteiger partial charge in [-0.05, 0) is 31.0 Å². The molecule has 146 valence electrons. The molecule has 1 aromatic heterocycles. The molecule has 0 aliphatic carbocycles. The first-order valence-electron chi connectivity index (χ1n) is 8.80.